The highest BCUT2D eigenvalue weighted by Gasteiger charge is 2.29. The van der Waals surface area contributed by atoms with E-state index in [2.05, 4.69) is 38.3 Å². The first-order valence-electron chi connectivity index (χ1n) is 14.0. The van der Waals surface area contributed by atoms with Crippen molar-refractivity contribution in [3.8, 4) is 0 Å². The summed E-state index contributed by atoms with van der Waals surface area (Å²) in [4.78, 5) is 32.5. The summed E-state index contributed by atoms with van der Waals surface area (Å²) in [6, 6.07) is 18.3. The topological polar surface area (TPSA) is 99.0 Å². The molecule has 0 bridgehead atoms. The Balaban J connectivity index is 1.29. The van der Waals surface area contributed by atoms with Crippen LogP contribution in [0.2, 0.25) is 0 Å². The van der Waals surface area contributed by atoms with Crippen molar-refractivity contribution in [2.75, 3.05) is 11.9 Å². The fourth-order valence-electron chi connectivity index (χ4n) is 5.38. The summed E-state index contributed by atoms with van der Waals surface area (Å²) in [6.45, 7) is 4.69. The molecule has 0 radical (unpaired) electrons. The van der Waals surface area contributed by atoms with E-state index in [1.54, 1.807) is 6.92 Å². The molecule has 3 heterocycles. The minimum absolute atomic E-state index is 0.185. The van der Waals surface area contributed by atoms with E-state index in [-0.39, 0.29) is 18.5 Å². The van der Waals surface area contributed by atoms with Crippen LogP contribution in [0.1, 0.15) is 59.5 Å². The maximum atomic E-state index is 13.5. The van der Waals surface area contributed by atoms with E-state index in [0.717, 1.165) is 58.9 Å². The maximum Gasteiger partial charge on any atom is 0.341 e. The molecule has 3 aromatic heterocycles. The first-order valence-corrected chi connectivity index (χ1v) is 15.7. The first-order chi connectivity index (χ1) is 20.1. The Morgan fingerprint density at radius 2 is 1.83 bits per heavy atom. The Morgan fingerprint density at radius 3 is 2.63 bits per heavy atom. The van der Waals surface area contributed by atoms with Crippen LogP contribution in [0.25, 0.3) is 22.1 Å². The molecule has 1 atom stereocenters. The van der Waals surface area contributed by atoms with Crippen LogP contribution in [0.15, 0.2) is 59.8 Å². The highest BCUT2D eigenvalue weighted by atomic mass is 32.2. The van der Waals surface area contributed by atoms with Crippen LogP contribution >= 0.6 is 23.1 Å². The fraction of sp³-hybridized carbons (Fsp3) is 0.323. The molecule has 0 saturated heterocycles. The van der Waals surface area contributed by atoms with Crippen LogP contribution in [0.5, 0.6) is 0 Å². The van der Waals surface area contributed by atoms with Crippen molar-refractivity contribution in [2.24, 2.45) is 0 Å². The number of benzene rings is 2. The molecule has 0 unspecified atom stereocenters. The minimum atomic E-state index is -0.463. The molecule has 41 heavy (non-hydrogen) atoms. The minimum Gasteiger partial charge on any atom is -0.462 e. The van der Waals surface area contributed by atoms with Crippen LogP contribution in [0.3, 0.4) is 0 Å². The number of anilines is 1. The van der Waals surface area contributed by atoms with E-state index in [9.17, 15) is 9.59 Å². The van der Waals surface area contributed by atoms with E-state index in [0.29, 0.717) is 28.7 Å². The van der Waals surface area contributed by atoms with Gasteiger partial charge in [-0.25, -0.2) is 9.78 Å². The number of esters is 1. The van der Waals surface area contributed by atoms with Crippen molar-refractivity contribution in [3.63, 3.8) is 0 Å². The van der Waals surface area contributed by atoms with E-state index in [1.165, 1.54) is 28.0 Å². The normalized spacial score (nSPS) is 13.7. The van der Waals surface area contributed by atoms with Gasteiger partial charge in [0.25, 0.3) is 0 Å². The Hall–Kier alpha value is -3.76. The Labute approximate surface area is 246 Å². The van der Waals surface area contributed by atoms with Crippen molar-refractivity contribution in [1.29, 1.82) is 0 Å². The van der Waals surface area contributed by atoms with Crippen LogP contribution in [0, 0.1) is 0 Å². The zero-order valence-electron chi connectivity index (χ0n) is 23.1. The van der Waals surface area contributed by atoms with Gasteiger partial charge in [-0.3, -0.25) is 4.79 Å². The van der Waals surface area contributed by atoms with Crippen molar-refractivity contribution < 1.29 is 14.3 Å². The quantitative estimate of drug-likeness (QED) is 0.153. The molecule has 0 saturated carbocycles. The van der Waals surface area contributed by atoms with Gasteiger partial charge in [-0.2, -0.15) is 0 Å². The molecule has 0 spiro atoms. The first kappa shape index (κ1) is 27.4. The number of aryl methyl sites for hydroxylation is 1. The number of carbonyl (C=O) groups excluding carboxylic acids is 2. The summed E-state index contributed by atoms with van der Waals surface area (Å²) in [5.74, 6) is -0.553. The van der Waals surface area contributed by atoms with Gasteiger partial charge in [0.2, 0.25) is 11.1 Å². The van der Waals surface area contributed by atoms with Crippen molar-refractivity contribution >= 4 is 62.0 Å². The Morgan fingerprint density at radius 1 is 1.05 bits per heavy atom. The molecule has 210 valence electrons. The van der Waals surface area contributed by atoms with Gasteiger partial charge in [0.1, 0.15) is 10.5 Å². The summed E-state index contributed by atoms with van der Waals surface area (Å²) in [6.07, 6.45) is 4.43. The SMILES string of the molecule is CCOC(=O)c1c(NC(=O)[C@@H](CC)Sc2nnc3c4ccccc4n(Cc4ccccc4)c3n2)sc2c1CCCC2. The number of hydrogen-bond acceptors (Lipinski definition) is 8. The average Bonchev–Trinajstić information content (AvgIpc) is 3.51. The van der Waals surface area contributed by atoms with E-state index in [1.807, 2.05) is 43.3 Å². The molecule has 1 aliphatic carbocycles. The zero-order valence-corrected chi connectivity index (χ0v) is 24.7. The lowest BCUT2D eigenvalue weighted by Gasteiger charge is -2.14. The second kappa shape index (κ2) is 12.0. The number of nitrogens with one attached hydrogen (secondary N) is 1. The number of nitrogens with zero attached hydrogens (tertiary/aromatic N) is 4. The molecule has 6 rings (SSSR count). The number of ether oxygens (including phenoxy) is 1. The molecule has 1 aliphatic rings. The van der Waals surface area contributed by atoms with Gasteiger partial charge < -0.3 is 14.6 Å². The predicted octanol–water partition coefficient (Wildman–Crippen LogP) is 6.65. The van der Waals surface area contributed by atoms with Gasteiger partial charge >= 0.3 is 5.97 Å². The molecule has 8 nitrogen and oxygen atoms in total. The number of amides is 1. The molecular formula is C31H31N5O3S2. The monoisotopic (exact) mass is 585 g/mol. The van der Waals surface area contributed by atoms with Crippen LogP contribution in [0.4, 0.5) is 5.00 Å². The fourth-order valence-corrected chi connectivity index (χ4v) is 7.47. The second-order valence-electron chi connectivity index (χ2n) is 9.99. The van der Waals surface area contributed by atoms with Gasteiger partial charge in [-0.1, -0.05) is 67.2 Å². The van der Waals surface area contributed by atoms with Crippen LogP contribution < -0.4 is 5.32 Å². The number of rotatable bonds is 9. The molecule has 2 aromatic carbocycles. The third kappa shape index (κ3) is 5.46. The van der Waals surface area contributed by atoms with Gasteiger partial charge in [-0.05, 0) is 56.2 Å². The molecule has 5 aromatic rings. The molecular weight excluding hydrogens is 555 g/mol. The Kier molecular flexibility index (Phi) is 8.02. The zero-order chi connectivity index (χ0) is 28.3. The van der Waals surface area contributed by atoms with Gasteiger partial charge in [0.05, 0.1) is 22.9 Å². The van der Waals surface area contributed by atoms with Gasteiger partial charge in [0, 0.05) is 16.8 Å². The van der Waals surface area contributed by atoms with E-state index < -0.39 is 5.25 Å². The van der Waals surface area contributed by atoms with Gasteiger partial charge in [0.15, 0.2) is 5.65 Å². The van der Waals surface area contributed by atoms with Crippen LogP contribution in [-0.4, -0.2) is 43.5 Å². The highest BCUT2D eigenvalue weighted by molar-refractivity contribution is 8.00. The third-order valence-corrected chi connectivity index (χ3v) is 9.76. The third-order valence-electron chi connectivity index (χ3n) is 7.34. The highest BCUT2D eigenvalue weighted by Crippen LogP contribution is 2.39. The number of aromatic nitrogens is 4. The summed E-state index contributed by atoms with van der Waals surface area (Å²) in [7, 11) is 0. The summed E-state index contributed by atoms with van der Waals surface area (Å²) in [5.41, 5.74) is 5.21. The molecule has 10 heteroatoms. The van der Waals surface area contributed by atoms with Crippen molar-refractivity contribution in [1.82, 2.24) is 19.7 Å². The number of para-hydroxylation sites is 1. The van der Waals surface area contributed by atoms with Crippen LogP contribution in [-0.2, 0) is 28.9 Å². The largest absolute Gasteiger partial charge is 0.462 e. The second-order valence-corrected chi connectivity index (χ2v) is 12.3. The molecule has 0 fully saturated rings. The number of fused-ring (bicyclic) bond motifs is 4. The average molecular weight is 586 g/mol. The van der Waals surface area contributed by atoms with E-state index >= 15 is 0 Å². The lowest BCUT2D eigenvalue weighted by Crippen LogP contribution is -2.25. The number of thiophene rings is 1. The summed E-state index contributed by atoms with van der Waals surface area (Å²) >= 11 is 2.79. The van der Waals surface area contributed by atoms with Crippen molar-refractivity contribution in [3.05, 3.63) is 76.2 Å². The maximum absolute atomic E-state index is 13.5. The lowest BCUT2D eigenvalue weighted by molar-refractivity contribution is -0.115. The number of hydrogen-bond donors (Lipinski definition) is 1. The standard InChI is InChI=1S/C31H31N5O3S2/c1-3-23(28(37)33-29-25(30(38)39-4-2)21-15-9-11-17-24(21)40-29)41-31-32-27-26(34-35-31)20-14-8-10-16-22(20)36(27)18-19-12-6-5-7-13-19/h5-8,10,12-14,16,23H,3-4,9,11,15,17-18H2,1-2H3,(H,33,37)/t23-/m1/s1. The van der Waals surface area contributed by atoms with E-state index in [4.69, 9.17) is 9.72 Å². The smallest absolute Gasteiger partial charge is 0.341 e. The number of carbonyl (C=O) groups is 2. The molecule has 1 amide bonds. The van der Waals surface area contributed by atoms with Gasteiger partial charge in [-0.15, -0.1) is 21.5 Å². The predicted molar refractivity (Wildman–Crippen MR) is 164 cm³/mol. The Bertz CT molecular complexity index is 1730. The lowest BCUT2D eigenvalue weighted by atomic mass is 9.95. The number of thioether (sulfide) groups is 1. The summed E-state index contributed by atoms with van der Waals surface area (Å²) < 4.78 is 7.51. The summed E-state index contributed by atoms with van der Waals surface area (Å²) in [5, 5.41) is 13.6. The molecule has 1 N–H and O–H groups in total. The van der Waals surface area contributed by atoms with Crippen molar-refractivity contribution in [2.45, 2.75) is 62.9 Å². The molecule has 0 aliphatic heterocycles.